The highest BCUT2D eigenvalue weighted by atomic mass is 127. The number of carbonyl (C=O) groups is 1. The maximum atomic E-state index is 11.7. The highest BCUT2D eigenvalue weighted by Gasteiger charge is 2.07. The molecule has 0 fully saturated rings. The van der Waals surface area contributed by atoms with Crippen LogP contribution < -0.4 is 5.73 Å². The smallest absolute Gasteiger partial charge is 0.331 e. The molecule has 0 aliphatic heterocycles. The molecule has 0 unspecified atom stereocenters. The number of carbonyl (C=O) groups excluding carboxylic acids is 1. The van der Waals surface area contributed by atoms with Gasteiger partial charge in [0.2, 0.25) is 0 Å². The molecule has 0 amide bonds. The molecule has 3 rings (SSSR count). The normalized spacial score (nSPS) is 11.2. The van der Waals surface area contributed by atoms with Crippen LogP contribution in [0.2, 0.25) is 0 Å². The molecule has 3 aromatic rings. The van der Waals surface area contributed by atoms with Gasteiger partial charge in [0.15, 0.2) is 16.2 Å². The fraction of sp³-hybridized carbons (Fsp3) is 0.0625. The lowest BCUT2D eigenvalue weighted by Gasteiger charge is -2.05. The van der Waals surface area contributed by atoms with Crippen molar-refractivity contribution in [3.63, 3.8) is 0 Å². The van der Waals surface area contributed by atoms with E-state index in [1.807, 2.05) is 46.9 Å². The van der Waals surface area contributed by atoms with Crippen LogP contribution >= 0.6 is 22.6 Å². The summed E-state index contributed by atoms with van der Waals surface area (Å²) in [5.74, 6) is 0.794. The first kappa shape index (κ1) is 15.5. The Morgan fingerprint density at radius 1 is 1.26 bits per heavy atom. The van der Waals surface area contributed by atoms with Crippen molar-refractivity contribution in [3.8, 4) is 0 Å². The predicted octanol–water partition coefficient (Wildman–Crippen LogP) is 3.17. The molecule has 2 aromatic heterocycles. The number of esters is 1. The second-order valence-corrected chi connectivity index (χ2v) is 5.69. The summed E-state index contributed by atoms with van der Waals surface area (Å²) in [6.45, 7) is -0.0477. The molecule has 2 N–H and O–H groups in total. The number of aromatic nitrogens is 2. The molecule has 116 valence electrons. The minimum Gasteiger partial charge on any atom is -0.454 e. The van der Waals surface area contributed by atoms with Crippen LogP contribution in [0.15, 0.2) is 46.9 Å². The number of anilines is 1. The van der Waals surface area contributed by atoms with Crippen LogP contribution in [-0.4, -0.2) is 15.9 Å². The Morgan fingerprint density at radius 3 is 2.87 bits per heavy atom. The van der Waals surface area contributed by atoms with Crippen molar-refractivity contribution in [2.75, 3.05) is 5.73 Å². The first-order valence-electron chi connectivity index (χ1n) is 6.73. The zero-order valence-electron chi connectivity index (χ0n) is 11.9. The molecular formula is C16H12IN3O3. The second kappa shape index (κ2) is 6.78. The Bertz CT molecular complexity index is 889. The molecule has 1 aromatic carbocycles. The van der Waals surface area contributed by atoms with E-state index in [9.17, 15) is 4.79 Å². The fourth-order valence-electron chi connectivity index (χ4n) is 1.97. The van der Waals surface area contributed by atoms with E-state index >= 15 is 0 Å². The third-order valence-corrected chi connectivity index (χ3v) is 3.58. The number of fused-ring (bicyclic) bond motifs is 1. The van der Waals surface area contributed by atoms with Gasteiger partial charge >= 0.3 is 5.97 Å². The fourth-order valence-corrected chi connectivity index (χ4v) is 2.40. The van der Waals surface area contributed by atoms with E-state index < -0.39 is 5.97 Å². The number of nitrogens with two attached hydrogens (primary N) is 1. The molecular weight excluding hydrogens is 409 g/mol. The number of para-hydroxylation sites is 1. The van der Waals surface area contributed by atoms with Crippen LogP contribution in [-0.2, 0) is 16.1 Å². The summed E-state index contributed by atoms with van der Waals surface area (Å²) in [6.07, 6.45) is 2.83. The first-order valence-corrected chi connectivity index (χ1v) is 7.81. The van der Waals surface area contributed by atoms with Crippen molar-refractivity contribution in [2.24, 2.45) is 0 Å². The van der Waals surface area contributed by atoms with E-state index in [0.29, 0.717) is 22.9 Å². The van der Waals surface area contributed by atoms with Crippen LogP contribution in [0.1, 0.15) is 11.6 Å². The molecule has 0 radical (unpaired) electrons. The van der Waals surface area contributed by atoms with Crippen LogP contribution in [0.3, 0.4) is 0 Å². The van der Waals surface area contributed by atoms with Crippen molar-refractivity contribution in [1.29, 1.82) is 0 Å². The van der Waals surface area contributed by atoms with Gasteiger partial charge in [0.1, 0.15) is 11.6 Å². The van der Waals surface area contributed by atoms with Crippen LogP contribution in [0.4, 0.5) is 5.82 Å². The number of rotatable bonds is 4. The molecule has 7 heteroatoms. The minimum absolute atomic E-state index is 0.0477. The van der Waals surface area contributed by atoms with Gasteiger partial charge in [-0.2, -0.15) is 0 Å². The Labute approximate surface area is 145 Å². The summed E-state index contributed by atoms with van der Waals surface area (Å²) in [5, 5.41) is 0.773. The summed E-state index contributed by atoms with van der Waals surface area (Å²) < 4.78 is 11.2. The summed E-state index contributed by atoms with van der Waals surface area (Å²) in [7, 11) is 0. The van der Waals surface area contributed by atoms with Gasteiger partial charge in [-0.25, -0.2) is 14.8 Å². The third kappa shape index (κ3) is 3.86. The number of hydrogen-bond acceptors (Lipinski definition) is 6. The van der Waals surface area contributed by atoms with Gasteiger partial charge < -0.3 is 14.9 Å². The lowest BCUT2D eigenvalue weighted by atomic mass is 10.2. The number of furan rings is 1. The highest BCUT2D eigenvalue weighted by Crippen LogP contribution is 2.17. The topological polar surface area (TPSA) is 91.2 Å². The Balaban J connectivity index is 1.66. The largest absolute Gasteiger partial charge is 0.454 e. The van der Waals surface area contributed by atoms with Gasteiger partial charge in [-0.15, -0.1) is 0 Å². The van der Waals surface area contributed by atoms with E-state index in [-0.39, 0.29) is 6.61 Å². The Hall–Kier alpha value is -2.42. The average Bonchev–Trinajstić information content (AvgIpc) is 2.96. The van der Waals surface area contributed by atoms with Crippen LogP contribution in [0, 0.1) is 3.77 Å². The summed E-state index contributed by atoms with van der Waals surface area (Å²) >= 11 is 2.05. The summed E-state index contributed by atoms with van der Waals surface area (Å²) in [5.41, 5.74) is 6.60. The van der Waals surface area contributed by atoms with Crippen molar-refractivity contribution in [1.82, 2.24) is 9.97 Å². The predicted molar refractivity (Wildman–Crippen MR) is 94.2 cm³/mol. The number of nitrogens with zero attached hydrogens (tertiary/aromatic N) is 2. The van der Waals surface area contributed by atoms with Crippen LogP contribution in [0.5, 0.6) is 0 Å². The van der Waals surface area contributed by atoms with Gasteiger partial charge in [-0.1, -0.05) is 12.1 Å². The molecule has 0 atom stereocenters. The summed E-state index contributed by atoms with van der Waals surface area (Å²) in [6, 6.07) is 11.0. The molecule has 6 nitrogen and oxygen atoms in total. The van der Waals surface area contributed by atoms with Gasteiger partial charge in [-0.3, -0.25) is 0 Å². The van der Waals surface area contributed by atoms with E-state index in [1.165, 1.54) is 6.08 Å². The van der Waals surface area contributed by atoms with Gasteiger partial charge in [-0.05, 0) is 52.9 Å². The maximum Gasteiger partial charge on any atom is 0.331 e. The zero-order chi connectivity index (χ0) is 16.2. The number of nitrogen functional groups attached to an aromatic ring is 1. The molecule has 0 saturated carbocycles. The van der Waals surface area contributed by atoms with Crippen LogP contribution in [0.25, 0.3) is 17.0 Å². The van der Waals surface area contributed by atoms with E-state index in [0.717, 1.165) is 9.15 Å². The van der Waals surface area contributed by atoms with Crippen molar-refractivity contribution < 1.29 is 13.9 Å². The average molecular weight is 421 g/mol. The van der Waals surface area contributed by atoms with Crippen molar-refractivity contribution in [3.05, 3.63) is 57.8 Å². The molecule has 0 bridgehead atoms. The van der Waals surface area contributed by atoms with E-state index in [1.54, 1.807) is 18.2 Å². The monoisotopic (exact) mass is 421 g/mol. The van der Waals surface area contributed by atoms with Gasteiger partial charge in [0.25, 0.3) is 0 Å². The second-order valence-electron chi connectivity index (χ2n) is 4.63. The van der Waals surface area contributed by atoms with E-state index in [4.69, 9.17) is 14.9 Å². The summed E-state index contributed by atoms with van der Waals surface area (Å²) in [4.78, 5) is 20.2. The number of halogens is 1. The van der Waals surface area contributed by atoms with E-state index in [2.05, 4.69) is 9.97 Å². The standard InChI is InChI=1S/C16H12IN3O3/c17-13-7-5-10(23-13)6-8-15(21)22-9-14-19-12-4-2-1-3-11(12)16(18)20-14/h1-8H,9H2,(H2,18,19,20)/b8-6+. The SMILES string of the molecule is Nc1nc(COC(=O)/C=C/c2ccc(I)o2)nc2ccccc12. The Morgan fingerprint density at radius 2 is 2.09 bits per heavy atom. The molecule has 0 spiro atoms. The number of ether oxygens (including phenoxy) is 1. The molecule has 2 heterocycles. The van der Waals surface area contributed by atoms with Crippen molar-refractivity contribution in [2.45, 2.75) is 6.61 Å². The molecule has 0 saturated heterocycles. The molecule has 23 heavy (non-hydrogen) atoms. The lowest BCUT2D eigenvalue weighted by Crippen LogP contribution is -2.06. The first-order chi connectivity index (χ1) is 11.1. The number of benzene rings is 1. The lowest BCUT2D eigenvalue weighted by molar-refractivity contribution is -0.139. The third-order valence-electron chi connectivity index (χ3n) is 3.00. The van der Waals surface area contributed by atoms with Crippen molar-refractivity contribution >= 4 is 51.4 Å². The highest BCUT2D eigenvalue weighted by molar-refractivity contribution is 14.1. The number of hydrogen-bond donors (Lipinski definition) is 1. The zero-order valence-corrected chi connectivity index (χ0v) is 14.1. The minimum atomic E-state index is -0.508. The quantitative estimate of drug-likeness (QED) is 0.396. The Kier molecular flexibility index (Phi) is 4.56. The molecule has 0 aliphatic carbocycles. The maximum absolute atomic E-state index is 11.7. The van der Waals surface area contributed by atoms with Gasteiger partial charge in [0.05, 0.1) is 5.52 Å². The molecule has 0 aliphatic rings. The van der Waals surface area contributed by atoms with Gasteiger partial charge in [0, 0.05) is 11.5 Å².